The number of nitrogens with zero attached hydrogens (tertiary/aromatic N) is 2. The fourth-order valence-electron chi connectivity index (χ4n) is 2.95. The molecule has 0 radical (unpaired) electrons. The van der Waals surface area contributed by atoms with E-state index < -0.39 is 27.4 Å². The minimum atomic E-state index is -4.21. The molecule has 4 rings (SSSR count). The quantitative estimate of drug-likeness (QED) is 0.620. The van der Waals surface area contributed by atoms with Gasteiger partial charge in [0.15, 0.2) is 5.82 Å². The van der Waals surface area contributed by atoms with Crippen molar-refractivity contribution < 1.29 is 32.0 Å². The molecule has 3 heterocycles. The number of anilines is 1. The summed E-state index contributed by atoms with van der Waals surface area (Å²) in [6.07, 6.45) is 0.546. The van der Waals surface area contributed by atoms with Gasteiger partial charge >= 0.3 is 5.97 Å². The molecule has 0 spiro atoms. The lowest BCUT2D eigenvalue weighted by Crippen LogP contribution is -2.14. The zero-order valence-corrected chi connectivity index (χ0v) is 16.6. The lowest BCUT2D eigenvalue weighted by molar-refractivity contribution is 0.0691. The van der Waals surface area contributed by atoms with Gasteiger partial charge in [-0.05, 0) is 37.1 Å². The summed E-state index contributed by atoms with van der Waals surface area (Å²) in [5.74, 6) is -2.03. The molecule has 0 bridgehead atoms. The van der Waals surface area contributed by atoms with Crippen LogP contribution in [0, 0.1) is 12.7 Å². The number of carboxylic acid groups (broad SMARTS) is 1. The number of hydrogen-bond acceptors (Lipinski definition) is 8. The maximum Gasteiger partial charge on any atom is 0.338 e. The first-order chi connectivity index (χ1) is 13.8. The number of fused-ring (bicyclic) bond motifs is 1. The van der Waals surface area contributed by atoms with E-state index in [2.05, 4.69) is 14.9 Å². The predicted molar refractivity (Wildman–Crippen MR) is 99.9 cm³/mol. The van der Waals surface area contributed by atoms with Crippen LogP contribution in [0.1, 0.15) is 26.6 Å². The van der Waals surface area contributed by atoms with Crippen molar-refractivity contribution in [2.45, 2.75) is 24.8 Å². The molecule has 3 aromatic rings. The van der Waals surface area contributed by atoms with Crippen molar-refractivity contribution in [2.75, 3.05) is 11.3 Å². The maximum atomic E-state index is 13.6. The molecule has 2 aromatic heterocycles. The van der Waals surface area contributed by atoms with Crippen molar-refractivity contribution in [3.8, 4) is 11.5 Å². The fourth-order valence-corrected chi connectivity index (χ4v) is 5.45. The number of thiophene rings is 1. The summed E-state index contributed by atoms with van der Waals surface area (Å²) in [5, 5.41) is 13.1. The third kappa shape index (κ3) is 3.61. The number of rotatable bonds is 5. The van der Waals surface area contributed by atoms with E-state index >= 15 is 0 Å². The average Bonchev–Trinajstić information content (AvgIpc) is 3.23. The average molecular weight is 439 g/mol. The minimum absolute atomic E-state index is 0.171. The van der Waals surface area contributed by atoms with Crippen molar-refractivity contribution >= 4 is 32.3 Å². The molecule has 0 atom stereocenters. The first-order valence-corrected chi connectivity index (χ1v) is 10.6. The largest absolute Gasteiger partial charge is 0.478 e. The van der Waals surface area contributed by atoms with Gasteiger partial charge < -0.3 is 14.4 Å². The predicted octanol–water partition coefficient (Wildman–Crippen LogP) is 2.82. The first kappa shape index (κ1) is 19.5. The second-order valence-corrected chi connectivity index (χ2v) is 9.00. The molecule has 1 aliphatic heterocycles. The highest BCUT2D eigenvalue weighted by atomic mass is 32.2. The van der Waals surface area contributed by atoms with Gasteiger partial charge in [0.1, 0.15) is 10.8 Å². The smallest absolute Gasteiger partial charge is 0.338 e. The number of nitrogens with one attached hydrogen (secondary N) is 1. The Morgan fingerprint density at radius 2 is 2.17 bits per heavy atom. The van der Waals surface area contributed by atoms with Gasteiger partial charge in [-0.25, -0.2) is 17.6 Å². The Hall–Kier alpha value is -2.83. The second-order valence-electron chi connectivity index (χ2n) is 6.21. The van der Waals surface area contributed by atoms with Crippen LogP contribution in [0.3, 0.4) is 0 Å². The highest BCUT2D eigenvalue weighted by Gasteiger charge is 2.29. The number of hydrogen-bond donors (Lipinski definition) is 2. The monoisotopic (exact) mass is 439 g/mol. The summed E-state index contributed by atoms with van der Waals surface area (Å²) in [6.45, 7) is 2.43. The summed E-state index contributed by atoms with van der Waals surface area (Å²) in [5.41, 5.74) is 0.588. The van der Waals surface area contributed by atoms with E-state index in [0.29, 0.717) is 31.0 Å². The van der Waals surface area contributed by atoms with Gasteiger partial charge in [0.25, 0.3) is 15.9 Å². The summed E-state index contributed by atoms with van der Waals surface area (Å²) in [7, 11) is -4.21. The highest BCUT2D eigenvalue weighted by Crippen LogP contribution is 2.43. The van der Waals surface area contributed by atoms with Crippen LogP contribution in [-0.2, 0) is 27.8 Å². The Bertz CT molecular complexity index is 1220. The van der Waals surface area contributed by atoms with Crippen molar-refractivity contribution in [1.82, 2.24) is 10.1 Å². The third-order valence-electron chi connectivity index (χ3n) is 4.27. The SMILES string of the molecule is Cc1noc(-c2c(NS(=O)(=O)c3ccc(F)c(C(=O)O)c3)sc3c2CCOC3)n1. The van der Waals surface area contributed by atoms with Gasteiger partial charge in [-0.2, -0.15) is 4.98 Å². The van der Waals surface area contributed by atoms with Crippen LogP contribution in [0.4, 0.5) is 9.39 Å². The number of ether oxygens (including phenoxy) is 1. The van der Waals surface area contributed by atoms with Gasteiger partial charge in [0.2, 0.25) is 0 Å². The lowest BCUT2D eigenvalue weighted by Gasteiger charge is -2.12. The minimum Gasteiger partial charge on any atom is -0.478 e. The molecule has 12 heteroatoms. The van der Waals surface area contributed by atoms with Crippen molar-refractivity contribution in [3.05, 3.63) is 45.8 Å². The van der Waals surface area contributed by atoms with Crippen LogP contribution in [0.2, 0.25) is 0 Å². The van der Waals surface area contributed by atoms with E-state index in [9.17, 15) is 17.6 Å². The highest BCUT2D eigenvalue weighted by molar-refractivity contribution is 7.93. The first-order valence-electron chi connectivity index (χ1n) is 8.35. The number of aromatic nitrogens is 2. The standard InChI is InChI=1S/C17H14FN3O6S2/c1-8-19-15(27-20-8)14-10-4-5-26-7-13(10)28-16(14)21-29(24,25)9-2-3-12(18)11(6-9)17(22)23/h2-3,6,21H,4-5,7H2,1H3,(H,22,23). The van der Waals surface area contributed by atoms with Gasteiger partial charge in [-0.15, -0.1) is 11.3 Å². The third-order valence-corrected chi connectivity index (χ3v) is 6.86. The molecular formula is C17H14FN3O6S2. The molecule has 0 saturated carbocycles. The zero-order valence-electron chi connectivity index (χ0n) is 14.9. The summed E-state index contributed by atoms with van der Waals surface area (Å²) in [6, 6.07) is 2.57. The molecule has 0 unspecified atom stereocenters. The van der Waals surface area contributed by atoms with E-state index in [4.69, 9.17) is 14.4 Å². The molecular weight excluding hydrogens is 425 g/mol. The number of carboxylic acids is 1. The van der Waals surface area contributed by atoms with Crippen LogP contribution in [0.5, 0.6) is 0 Å². The zero-order chi connectivity index (χ0) is 20.8. The van der Waals surface area contributed by atoms with E-state index in [1.54, 1.807) is 6.92 Å². The molecule has 2 N–H and O–H groups in total. The molecule has 0 fully saturated rings. The molecule has 9 nitrogen and oxygen atoms in total. The number of aryl methyl sites for hydroxylation is 1. The maximum absolute atomic E-state index is 13.6. The normalized spacial score (nSPS) is 13.9. The topological polar surface area (TPSA) is 132 Å². The van der Waals surface area contributed by atoms with Crippen LogP contribution in [0.15, 0.2) is 27.6 Å². The Labute approximate surface area is 168 Å². The molecule has 0 saturated heterocycles. The second kappa shape index (κ2) is 7.21. The fraction of sp³-hybridized carbons (Fsp3) is 0.235. The van der Waals surface area contributed by atoms with E-state index in [-0.39, 0.29) is 15.8 Å². The summed E-state index contributed by atoms with van der Waals surface area (Å²) >= 11 is 1.17. The summed E-state index contributed by atoms with van der Waals surface area (Å²) in [4.78, 5) is 15.8. The van der Waals surface area contributed by atoms with E-state index in [1.165, 1.54) is 11.3 Å². The Balaban J connectivity index is 1.79. The molecule has 0 aliphatic carbocycles. The Morgan fingerprint density at radius 1 is 1.38 bits per heavy atom. The van der Waals surface area contributed by atoms with Gasteiger partial charge in [-0.3, -0.25) is 4.72 Å². The summed E-state index contributed by atoms with van der Waals surface area (Å²) < 4.78 is 52.5. The van der Waals surface area contributed by atoms with Gasteiger partial charge in [-0.1, -0.05) is 5.16 Å². The lowest BCUT2D eigenvalue weighted by atomic mass is 10.1. The molecule has 152 valence electrons. The van der Waals surface area contributed by atoms with Crippen LogP contribution < -0.4 is 4.72 Å². The number of halogens is 1. The molecule has 1 aromatic carbocycles. The van der Waals surface area contributed by atoms with E-state index in [1.807, 2.05) is 0 Å². The Morgan fingerprint density at radius 3 is 2.86 bits per heavy atom. The van der Waals surface area contributed by atoms with Gasteiger partial charge in [0.05, 0.1) is 29.2 Å². The number of sulfonamides is 1. The van der Waals surface area contributed by atoms with Crippen molar-refractivity contribution in [2.24, 2.45) is 0 Å². The molecule has 0 amide bonds. The van der Waals surface area contributed by atoms with Crippen LogP contribution >= 0.6 is 11.3 Å². The van der Waals surface area contributed by atoms with Crippen LogP contribution in [-0.4, -0.2) is 36.2 Å². The van der Waals surface area contributed by atoms with Crippen LogP contribution in [0.25, 0.3) is 11.5 Å². The van der Waals surface area contributed by atoms with E-state index in [0.717, 1.165) is 28.6 Å². The van der Waals surface area contributed by atoms with Crippen molar-refractivity contribution in [3.63, 3.8) is 0 Å². The molecule has 1 aliphatic rings. The number of aromatic carboxylic acids is 1. The number of carbonyl (C=O) groups is 1. The Kier molecular flexibility index (Phi) is 4.84. The number of benzene rings is 1. The van der Waals surface area contributed by atoms with Crippen molar-refractivity contribution in [1.29, 1.82) is 0 Å². The molecule has 29 heavy (non-hydrogen) atoms. The van der Waals surface area contributed by atoms with Gasteiger partial charge in [0, 0.05) is 4.88 Å².